The molecule has 1 saturated carbocycles. The summed E-state index contributed by atoms with van der Waals surface area (Å²) in [5, 5.41) is 1.39. The topological polar surface area (TPSA) is 41.8 Å². The molecule has 2 aromatic rings. The van der Waals surface area contributed by atoms with E-state index in [0.717, 1.165) is 6.54 Å². The second-order valence-electron chi connectivity index (χ2n) is 5.81. The van der Waals surface area contributed by atoms with E-state index in [2.05, 4.69) is 37.0 Å². The van der Waals surface area contributed by atoms with Crippen molar-refractivity contribution in [2.75, 3.05) is 6.54 Å². The van der Waals surface area contributed by atoms with Gasteiger partial charge in [0.25, 0.3) is 0 Å². The van der Waals surface area contributed by atoms with Crippen LogP contribution in [-0.4, -0.2) is 11.5 Å². The fraction of sp³-hybridized carbons (Fsp3) is 0.500. The third-order valence-corrected chi connectivity index (χ3v) is 4.71. The monoisotopic (exact) mass is 242 g/mol. The minimum atomic E-state index is 0.218. The Morgan fingerprint density at radius 2 is 1.94 bits per heavy atom. The molecule has 0 spiro atoms. The van der Waals surface area contributed by atoms with Crippen LogP contribution in [0.15, 0.2) is 18.2 Å². The minimum Gasteiger partial charge on any atom is -0.358 e. The van der Waals surface area contributed by atoms with Crippen LogP contribution in [0.1, 0.15) is 42.5 Å². The van der Waals surface area contributed by atoms with Gasteiger partial charge in [-0.25, -0.2) is 0 Å². The fourth-order valence-electron chi connectivity index (χ4n) is 3.79. The Bertz CT molecular complexity index is 574. The van der Waals surface area contributed by atoms with Gasteiger partial charge in [0.2, 0.25) is 0 Å². The zero-order valence-electron chi connectivity index (χ0n) is 11.3. The van der Waals surface area contributed by atoms with Crippen molar-refractivity contribution in [2.45, 2.75) is 44.9 Å². The molecular formula is C16H22N2. The van der Waals surface area contributed by atoms with Gasteiger partial charge in [-0.2, -0.15) is 0 Å². The van der Waals surface area contributed by atoms with E-state index in [1.807, 2.05) is 0 Å². The van der Waals surface area contributed by atoms with Crippen molar-refractivity contribution < 1.29 is 0 Å². The van der Waals surface area contributed by atoms with Crippen LogP contribution in [0.2, 0.25) is 0 Å². The van der Waals surface area contributed by atoms with Crippen molar-refractivity contribution in [3.05, 3.63) is 35.0 Å². The molecule has 0 unspecified atom stereocenters. The average molecular weight is 242 g/mol. The Morgan fingerprint density at radius 3 is 2.61 bits per heavy atom. The zero-order chi connectivity index (χ0) is 12.8. The van der Waals surface area contributed by atoms with Gasteiger partial charge in [0, 0.05) is 28.6 Å². The minimum absolute atomic E-state index is 0.218. The number of hydrogen-bond acceptors (Lipinski definition) is 1. The third-order valence-electron chi connectivity index (χ3n) is 4.71. The van der Waals surface area contributed by atoms with Crippen LogP contribution < -0.4 is 5.73 Å². The molecule has 1 fully saturated rings. The summed E-state index contributed by atoms with van der Waals surface area (Å²) in [5.41, 5.74) is 11.8. The number of aryl methyl sites for hydroxylation is 2. The molecule has 0 radical (unpaired) electrons. The van der Waals surface area contributed by atoms with E-state index >= 15 is 0 Å². The lowest BCUT2D eigenvalue weighted by molar-refractivity contribution is 0.454. The van der Waals surface area contributed by atoms with Crippen LogP contribution in [0, 0.1) is 13.8 Å². The summed E-state index contributed by atoms with van der Waals surface area (Å²) in [6.07, 6.45) is 5.11. The molecule has 1 aliphatic rings. The number of hydrogen-bond donors (Lipinski definition) is 2. The van der Waals surface area contributed by atoms with Gasteiger partial charge < -0.3 is 10.7 Å². The summed E-state index contributed by atoms with van der Waals surface area (Å²) in [6.45, 7) is 5.14. The van der Waals surface area contributed by atoms with E-state index in [0.29, 0.717) is 0 Å². The maximum atomic E-state index is 6.14. The Morgan fingerprint density at radius 1 is 1.22 bits per heavy atom. The van der Waals surface area contributed by atoms with Gasteiger partial charge in [0.15, 0.2) is 0 Å². The molecular weight excluding hydrogens is 220 g/mol. The van der Waals surface area contributed by atoms with Crippen LogP contribution in [0.4, 0.5) is 0 Å². The van der Waals surface area contributed by atoms with Gasteiger partial charge >= 0.3 is 0 Å². The van der Waals surface area contributed by atoms with Gasteiger partial charge in [0.1, 0.15) is 0 Å². The van der Waals surface area contributed by atoms with Crippen LogP contribution in [-0.2, 0) is 5.41 Å². The smallest absolute Gasteiger partial charge is 0.0488 e. The Hall–Kier alpha value is -1.28. The SMILES string of the molecule is Cc1[nH]c2c(C)cccc2c1C1(CN)CCCC1. The standard InChI is InChI=1S/C16H22N2/c1-11-6-5-7-13-14(12(2)18-15(11)13)16(10-17)8-3-4-9-16/h5-7,18H,3-4,8-10,17H2,1-2H3. The Balaban J connectivity index is 2.28. The highest BCUT2D eigenvalue weighted by Gasteiger charge is 2.37. The average Bonchev–Trinajstić information content (AvgIpc) is 2.94. The second kappa shape index (κ2) is 4.13. The van der Waals surface area contributed by atoms with E-state index in [-0.39, 0.29) is 5.41 Å². The lowest BCUT2D eigenvalue weighted by atomic mass is 9.77. The summed E-state index contributed by atoms with van der Waals surface area (Å²) < 4.78 is 0. The summed E-state index contributed by atoms with van der Waals surface area (Å²) in [7, 11) is 0. The molecule has 2 heteroatoms. The van der Waals surface area contributed by atoms with Crippen molar-refractivity contribution >= 4 is 10.9 Å². The zero-order valence-corrected chi connectivity index (χ0v) is 11.3. The summed E-state index contributed by atoms with van der Waals surface area (Å²) in [4.78, 5) is 3.58. The molecule has 1 heterocycles. The maximum Gasteiger partial charge on any atom is 0.0488 e. The molecule has 0 aliphatic heterocycles. The molecule has 0 bridgehead atoms. The third kappa shape index (κ3) is 1.52. The number of rotatable bonds is 2. The van der Waals surface area contributed by atoms with E-state index in [9.17, 15) is 0 Å². The number of benzene rings is 1. The number of aromatic nitrogens is 1. The maximum absolute atomic E-state index is 6.14. The number of fused-ring (bicyclic) bond motifs is 1. The van der Waals surface area contributed by atoms with Crippen molar-refractivity contribution in [1.82, 2.24) is 4.98 Å². The number of nitrogens with two attached hydrogens (primary N) is 1. The van der Waals surface area contributed by atoms with Crippen LogP contribution >= 0.6 is 0 Å². The lowest BCUT2D eigenvalue weighted by Gasteiger charge is -2.28. The van der Waals surface area contributed by atoms with E-state index in [1.54, 1.807) is 0 Å². The summed E-state index contributed by atoms with van der Waals surface area (Å²) in [5.74, 6) is 0. The Labute approximate surface area is 109 Å². The highest BCUT2D eigenvalue weighted by molar-refractivity contribution is 5.88. The molecule has 3 rings (SSSR count). The predicted octanol–water partition coefficient (Wildman–Crippen LogP) is 3.56. The van der Waals surface area contributed by atoms with Crippen LogP contribution in [0.5, 0.6) is 0 Å². The first-order chi connectivity index (χ1) is 8.68. The Kier molecular flexibility index (Phi) is 2.70. The van der Waals surface area contributed by atoms with Gasteiger partial charge in [0.05, 0.1) is 0 Å². The van der Waals surface area contributed by atoms with Crippen LogP contribution in [0.25, 0.3) is 10.9 Å². The first kappa shape index (κ1) is 11.8. The molecule has 1 aromatic carbocycles. The van der Waals surface area contributed by atoms with Crippen LogP contribution in [0.3, 0.4) is 0 Å². The summed E-state index contributed by atoms with van der Waals surface area (Å²) in [6, 6.07) is 6.58. The largest absolute Gasteiger partial charge is 0.358 e. The van der Waals surface area contributed by atoms with Crippen molar-refractivity contribution in [3.63, 3.8) is 0 Å². The number of nitrogens with one attached hydrogen (secondary N) is 1. The molecule has 0 atom stereocenters. The van der Waals surface area contributed by atoms with Crippen molar-refractivity contribution in [3.8, 4) is 0 Å². The molecule has 1 aliphatic carbocycles. The number of H-pyrrole nitrogens is 1. The van der Waals surface area contributed by atoms with Gasteiger partial charge in [-0.15, -0.1) is 0 Å². The quantitative estimate of drug-likeness (QED) is 0.830. The lowest BCUT2D eigenvalue weighted by Crippen LogP contribution is -2.32. The van der Waals surface area contributed by atoms with Crippen molar-refractivity contribution in [2.24, 2.45) is 5.73 Å². The molecule has 0 saturated heterocycles. The van der Waals surface area contributed by atoms with Crippen molar-refractivity contribution in [1.29, 1.82) is 0 Å². The predicted molar refractivity (Wildman–Crippen MR) is 77.0 cm³/mol. The molecule has 96 valence electrons. The van der Waals surface area contributed by atoms with Gasteiger partial charge in [-0.05, 0) is 37.8 Å². The number of aromatic amines is 1. The van der Waals surface area contributed by atoms with E-state index in [1.165, 1.54) is 53.4 Å². The molecule has 1 aromatic heterocycles. The first-order valence-electron chi connectivity index (χ1n) is 6.96. The molecule has 0 amide bonds. The van der Waals surface area contributed by atoms with Gasteiger partial charge in [-0.3, -0.25) is 0 Å². The molecule has 18 heavy (non-hydrogen) atoms. The summed E-state index contributed by atoms with van der Waals surface area (Å²) >= 11 is 0. The highest BCUT2D eigenvalue weighted by Crippen LogP contribution is 2.44. The highest BCUT2D eigenvalue weighted by atomic mass is 14.7. The van der Waals surface area contributed by atoms with E-state index < -0.39 is 0 Å². The van der Waals surface area contributed by atoms with Gasteiger partial charge in [-0.1, -0.05) is 31.0 Å². The normalized spacial score (nSPS) is 18.6. The number of para-hydroxylation sites is 1. The molecule has 3 N–H and O–H groups in total. The fourth-order valence-corrected chi connectivity index (χ4v) is 3.79. The second-order valence-corrected chi connectivity index (χ2v) is 5.81. The van der Waals surface area contributed by atoms with E-state index in [4.69, 9.17) is 5.73 Å². The first-order valence-corrected chi connectivity index (χ1v) is 6.96. The molecule has 2 nitrogen and oxygen atoms in total.